The van der Waals surface area contributed by atoms with Gasteiger partial charge in [0.2, 0.25) is 0 Å². The van der Waals surface area contributed by atoms with Crippen molar-refractivity contribution in [1.29, 1.82) is 0 Å². The molecule has 0 radical (unpaired) electrons. The topological polar surface area (TPSA) is 55.1 Å². The van der Waals surface area contributed by atoms with Gasteiger partial charge in [0.05, 0.1) is 16.3 Å². The molecular weight excluding hydrogens is 305 g/mol. The smallest absolute Gasteiger partial charge is 0.254 e. The molecule has 0 atom stereocenters. The molecule has 0 bridgehead atoms. The monoisotopic (exact) mass is 314 g/mol. The number of halogens is 4. The molecule has 7 heteroatoms. The maximum absolute atomic E-state index is 13.5. The molecule has 0 aromatic heterocycles. The Morgan fingerprint density at radius 2 is 1.81 bits per heavy atom. The van der Waals surface area contributed by atoms with Gasteiger partial charge in [0.1, 0.15) is 17.5 Å². The van der Waals surface area contributed by atoms with Crippen molar-refractivity contribution in [2.24, 2.45) is 0 Å². The fraction of sp³-hybridized carbons (Fsp3) is 0.0714. The van der Waals surface area contributed by atoms with Crippen LogP contribution in [0.25, 0.3) is 0 Å². The van der Waals surface area contributed by atoms with Crippen molar-refractivity contribution in [3.63, 3.8) is 0 Å². The highest BCUT2D eigenvalue weighted by Gasteiger charge is 2.15. The lowest BCUT2D eigenvalue weighted by Gasteiger charge is -2.08. The largest absolute Gasteiger partial charge is 0.396 e. The minimum atomic E-state index is -1.02. The third-order valence-electron chi connectivity index (χ3n) is 2.77. The highest BCUT2D eigenvalue weighted by molar-refractivity contribution is 6.30. The van der Waals surface area contributed by atoms with E-state index in [1.54, 1.807) is 0 Å². The molecule has 0 aliphatic rings. The van der Waals surface area contributed by atoms with Crippen LogP contribution >= 0.6 is 11.6 Å². The fourth-order valence-corrected chi connectivity index (χ4v) is 1.87. The van der Waals surface area contributed by atoms with Gasteiger partial charge in [0.25, 0.3) is 5.91 Å². The first-order valence-corrected chi connectivity index (χ1v) is 6.23. The molecule has 2 rings (SSSR count). The Hall–Kier alpha value is -2.21. The van der Waals surface area contributed by atoms with Crippen LogP contribution in [0.5, 0.6) is 0 Å². The van der Waals surface area contributed by atoms with Crippen LogP contribution in [0, 0.1) is 17.5 Å². The van der Waals surface area contributed by atoms with E-state index < -0.39 is 23.4 Å². The Kier molecular flexibility index (Phi) is 4.37. The van der Waals surface area contributed by atoms with Gasteiger partial charge in [-0.25, -0.2) is 13.2 Å². The van der Waals surface area contributed by atoms with Crippen molar-refractivity contribution < 1.29 is 18.0 Å². The second-order valence-corrected chi connectivity index (χ2v) is 4.69. The van der Waals surface area contributed by atoms with Crippen LogP contribution in [0.1, 0.15) is 15.9 Å². The highest BCUT2D eigenvalue weighted by atomic mass is 35.5. The number of rotatable bonds is 3. The Bertz CT molecular complexity index is 707. The molecule has 2 aromatic rings. The molecule has 0 saturated heterocycles. The SMILES string of the molecule is Nc1cc(C(=O)NCc2ccc(F)c(Cl)c2)c(F)cc1F. The molecule has 3 N–H and O–H groups in total. The van der Waals surface area contributed by atoms with Crippen molar-refractivity contribution in [1.82, 2.24) is 5.32 Å². The van der Waals surface area contributed by atoms with E-state index in [-0.39, 0.29) is 22.8 Å². The lowest BCUT2D eigenvalue weighted by molar-refractivity contribution is 0.0947. The number of nitrogen functional groups attached to an aromatic ring is 1. The molecular formula is C14H10ClF3N2O. The van der Waals surface area contributed by atoms with E-state index in [1.807, 2.05) is 0 Å². The van der Waals surface area contributed by atoms with Crippen LogP contribution in [-0.2, 0) is 6.54 Å². The molecule has 0 unspecified atom stereocenters. The summed E-state index contributed by atoms with van der Waals surface area (Å²) in [6, 6.07) is 5.38. The van der Waals surface area contributed by atoms with Crippen LogP contribution in [0.2, 0.25) is 5.02 Å². The zero-order valence-electron chi connectivity index (χ0n) is 10.6. The maximum Gasteiger partial charge on any atom is 0.254 e. The van der Waals surface area contributed by atoms with Crippen LogP contribution in [-0.4, -0.2) is 5.91 Å². The number of nitrogens with one attached hydrogen (secondary N) is 1. The average Bonchev–Trinajstić information content (AvgIpc) is 2.44. The van der Waals surface area contributed by atoms with Crippen LogP contribution in [0.15, 0.2) is 30.3 Å². The molecule has 2 aromatic carbocycles. The Labute approximate surface area is 123 Å². The summed E-state index contributed by atoms with van der Waals surface area (Å²) in [6.45, 7) is 0.00948. The van der Waals surface area contributed by atoms with E-state index >= 15 is 0 Å². The lowest BCUT2D eigenvalue weighted by Crippen LogP contribution is -2.24. The van der Waals surface area contributed by atoms with Crippen molar-refractivity contribution in [2.75, 3.05) is 5.73 Å². The molecule has 0 heterocycles. The van der Waals surface area contributed by atoms with Gasteiger partial charge < -0.3 is 11.1 Å². The fourth-order valence-electron chi connectivity index (χ4n) is 1.67. The molecule has 0 aliphatic heterocycles. The molecule has 0 saturated carbocycles. The van der Waals surface area contributed by atoms with Crippen molar-refractivity contribution in [3.05, 3.63) is 63.9 Å². The number of anilines is 1. The quantitative estimate of drug-likeness (QED) is 0.854. The van der Waals surface area contributed by atoms with Gasteiger partial charge in [-0.2, -0.15) is 0 Å². The van der Waals surface area contributed by atoms with Crippen LogP contribution in [0.4, 0.5) is 18.9 Å². The molecule has 21 heavy (non-hydrogen) atoms. The van der Waals surface area contributed by atoms with Gasteiger partial charge in [-0.1, -0.05) is 17.7 Å². The zero-order valence-corrected chi connectivity index (χ0v) is 11.3. The molecule has 110 valence electrons. The number of carbonyl (C=O) groups excluding carboxylic acids is 1. The summed E-state index contributed by atoms with van der Waals surface area (Å²) in [7, 11) is 0. The summed E-state index contributed by atoms with van der Waals surface area (Å²) in [5.74, 6) is -3.30. The van der Waals surface area contributed by atoms with E-state index in [0.717, 1.165) is 12.1 Å². The number of carbonyl (C=O) groups is 1. The van der Waals surface area contributed by atoms with Crippen molar-refractivity contribution in [3.8, 4) is 0 Å². The summed E-state index contributed by atoms with van der Waals surface area (Å²) in [5, 5.41) is 2.33. The zero-order chi connectivity index (χ0) is 15.6. The molecule has 0 spiro atoms. The number of hydrogen-bond acceptors (Lipinski definition) is 2. The van der Waals surface area contributed by atoms with Crippen molar-refractivity contribution in [2.45, 2.75) is 6.54 Å². The minimum absolute atomic E-state index is 0.00948. The number of amides is 1. The summed E-state index contributed by atoms with van der Waals surface area (Å²) in [6.07, 6.45) is 0. The predicted octanol–water partition coefficient (Wildman–Crippen LogP) is 3.27. The van der Waals surface area contributed by atoms with Crippen LogP contribution < -0.4 is 11.1 Å². The van der Waals surface area contributed by atoms with E-state index in [4.69, 9.17) is 17.3 Å². The molecule has 0 fully saturated rings. The highest BCUT2D eigenvalue weighted by Crippen LogP contribution is 2.18. The van der Waals surface area contributed by atoms with Gasteiger partial charge in [0, 0.05) is 12.6 Å². The minimum Gasteiger partial charge on any atom is -0.396 e. The van der Waals surface area contributed by atoms with Crippen LogP contribution in [0.3, 0.4) is 0 Å². The average molecular weight is 315 g/mol. The van der Waals surface area contributed by atoms with Crippen molar-refractivity contribution >= 4 is 23.2 Å². The first kappa shape index (κ1) is 15.2. The summed E-state index contributed by atoms with van der Waals surface area (Å²) >= 11 is 5.60. The van der Waals surface area contributed by atoms with Gasteiger partial charge in [-0.05, 0) is 23.8 Å². The van der Waals surface area contributed by atoms with Gasteiger partial charge in [-0.15, -0.1) is 0 Å². The summed E-state index contributed by atoms with van der Waals surface area (Å²) in [4.78, 5) is 11.8. The summed E-state index contributed by atoms with van der Waals surface area (Å²) in [5.41, 5.74) is 5.12. The first-order chi connectivity index (χ1) is 9.88. The third-order valence-corrected chi connectivity index (χ3v) is 3.06. The number of benzene rings is 2. The van der Waals surface area contributed by atoms with E-state index in [1.165, 1.54) is 12.1 Å². The molecule has 0 aliphatic carbocycles. The first-order valence-electron chi connectivity index (χ1n) is 5.85. The Morgan fingerprint density at radius 3 is 2.48 bits per heavy atom. The molecule has 1 amide bonds. The van der Waals surface area contributed by atoms with Gasteiger partial charge >= 0.3 is 0 Å². The van der Waals surface area contributed by atoms with E-state index in [2.05, 4.69) is 5.32 Å². The standard InChI is InChI=1S/C14H10ClF3N2O/c15-9-3-7(1-2-10(9)16)6-20-14(21)8-4-13(19)12(18)5-11(8)17/h1-5H,6,19H2,(H,20,21). The van der Waals surface area contributed by atoms with Gasteiger partial charge in [-0.3, -0.25) is 4.79 Å². The second kappa shape index (κ2) is 6.05. The summed E-state index contributed by atoms with van der Waals surface area (Å²) < 4.78 is 39.5. The maximum atomic E-state index is 13.5. The Balaban J connectivity index is 2.11. The van der Waals surface area contributed by atoms with E-state index in [9.17, 15) is 18.0 Å². The van der Waals surface area contributed by atoms with E-state index in [0.29, 0.717) is 11.6 Å². The Morgan fingerprint density at radius 1 is 1.10 bits per heavy atom. The third kappa shape index (κ3) is 3.46. The second-order valence-electron chi connectivity index (χ2n) is 4.28. The molecule has 3 nitrogen and oxygen atoms in total. The normalized spacial score (nSPS) is 10.5. The van der Waals surface area contributed by atoms with Gasteiger partial charge in [0.15, 0.2) is 0 Å². The lowest BCUT2D eigenvalue weighted by atomic mass is 10.1. The predicted molar refractivity (Wildman–Crippen MR) is 73.4 cm³/mol. The number of hydrogen-bond donors (Lipinski definition) is 2. The number of nitrogens with two attached hydrogens (primary N) is 1.